The molecule has 3 rings (SSSR count). The van der Waals surface area contributed by atoms with Crippen LogP contribution in [-0.4, -0.2) is 26.3 Å². The van der Waals surface area contributed by atoms with E-state index < -0.39 is 27.7 Å². The Morgan fingerprint density at radius 1 is 0.958 bits per heavy atom. The molecular formula is C15H8F3NO4S. The van der Waals surface area contributed by atoms with Crippen LogP contribution in [0.2, 0.25) is 0 Å². The largest absolute Gasteiger partial charge is 0.471 e. The maximum absolute atomic E-state index is 12.5. The molecule has 0 saturated heterocycles. The fourth-order valence-corrected chi connectivity index (χ4v) is 4.01. The Labute approximate surface area is 134 Å². The molecular weight excluding hydrogens is 347 g/mol. The molecule has 0 aliphatic carbocycles. The maximum Gasteiger partial charge on any atom is 0.471 e. The summed E-state index contributed by atoms with van der Waals surface area (Å²) in [6.07, 6.45) is -5.10. The van der Waals surface area contributed by atoms with Crippen molar-refractivity contribution >= 4 is 27.2 Å². The van der Waals surface area contributed by atoms with Crippen LogP contribution in [0.3, 0.4) is 0 Å². The first kappa shape index (κ1) is 16.2. The number of nitrogens with one attached hydrogen (secondary N) is 1. The van der Waals surface area contributed by atoms with Crippen LogP contribution in [0.1, 0.15) is 15.9 Å². The van der Waals surface area contributed by atoms with Gasteiger partial charge in [0.1, 0.15) is 0 Å². The summed E-state index contributed by atoms with van der Waals surface area (Å²) in [6, 6.07) is 8.48. The Kier molecular flexibility index (Phi) is 3.48. The standard InChI is InChI=1S/C15H8F3NO4S/c16-15(17,18)14(21)19-8-5-6-12-10(7-8)13(20)9-3-1-2-4-11(9)24(12,22)23/h1-7H,(H,19,21). The maximum atomic E-state index is 12.5. The van der Waals surface area contributed by atoms with Crippen LogP contribution < -0.4 is 5.32 Å². The molecule has 24 heavy (non-hydrogen) atoms. The van der Waals surface area contributed by atoms with Crippen LogP contribution in [-0.2, 0) is 14.6 Å². The van der Waals surface area contributed by atoms with Crippen molar-refractivity contribution < 1.29 is 31.2 Å². The van der Waals surface area contributed by atoms with Gasteiger partial charge in [0.15, 0.2) is 5.78 Å². The van der Waals surface area contributed by atoms with Gasteiger partial charge < -0.3 is 5.32 Å². The molecule has 0 spiro atoms. The van der Waals surface area contributed by atoms with Crippen molar-refractivity contribution in [3.8, 4) is 0 Å². The smallest absolute Gasteiger partial charge is 0.318 e. The van der Waals surface area contributed by atoms with E-state index in [0.717, 1.165) is 18.2 Å². The van der Waals surface area contributed by atoms with Gasteiger partial charge in [-0.3, -0.25) is 9.59 Å². The van der Waals surface area contributed by atoms with Crippen molar-refractivity contribution in [2.24, 2.45) is 0 Å². The van der Waals surface area contributed by atoms with Gasteiger partial charge in [-0.1, -0.05) is 12.1 Å². The van der Waals surface area contributed by atoms with E-state index in [1.807, 2.05) is 0 Å². The van der Waals surface area contributed by atoms with Gasteiger partial charge >= 0.3 is 12.1 Å². The molecule has 0 saturated carbocycles. The van der Waals surface area contributed by atoms with Crippen molar-refractivity contribution in [1.29, 1.82) is 0 Å². The third-order valence-electron chi connectivity index (χ3n) is 3.45. The Balaban J connectivity index is 2.11. The number of ketones is 1. The summed E-state index contributed by atoms with van der Waals surface area (Å²) < 4.78 is 61.9. The number of hydrogen-bond donors (Lipinski definition) is 1. The molecule has 1 aliphatic rings. The average Bonchev–Trinajstić information content (AvgIpc) is 2.52. The number of carbonyl (C=O) groups excluding carboxylic acids is 2. The fourth-order valence-electron chi connectivity index (χ4n) is 2.37. The minimum Gasteiger partial charge on any atom is -0.318 e. The number of alkyl halides is 3. The second kappa shape index (κ2) is 5.17. The molecule has 124 valence electrons. The molecule has 0 atom stereocenters. The van der Waals surface area contributed by atoms with Gasteiger partial charge in [0.05, 0.1) is 9.79 Å². The molecule has 2 aromatic carbocycles. The van der Waals surface area contributed by atoms with Crippen LogP contribution in [0.4, 0.5) is 18.9 Å². The molecule has 0 bridgehead atoms. The van der Waals surface area contributed by atoms with Crippen LogP contribution in [0.5, 0.6) is 0 Å². The normalized spacial score (nSPS) is 15.4. The molecule has 1 heterocycles. The summed E-state index contributed by atoms with van der Waals surface area (Å²) in [7, 11) is -3.96. The van der Waals surface area contributed by atoms with Gasteiger partial charge in [-0.15, -0.1) is 0 Å². The van der Waals surface area contributed by atoms with E-state index in [2.05, 4.69) is 0 Å². The Bertz CT molecular complexity index is 980. The minimum absolute atomic E-state index is 0.0655. The molecule has 9 heteroatoms. The zero-order valence-electron chi connectivity index (χ0n) is 11.7. The first-order valence-electron chi connectivity index (χ1n) is 6.53. The third-order valence-corrected chi connectivity index (χ3v) is 5.32. The lowest BCUT2D eigenvalue weighted by atomic mass is 10.0. The second-order valence-corrected chi connectivity index (χ2v) is 6.88. The van der Waals surface area contributed by atoms with Crippen LogP contribution in [0.15, 0.2) is 52.3 Å². The SMILES string of the molecule is O=C1c2ccccc2S(=O)(=O)c2ccc(NC(=O)C(F)(F)F)cc21. The van der Waals surface area contributed by atoms with Crippen LogP contribution >= 0.6 is 0 Å². The highest BCUT2D eigenvalue weighted by Gasteiger charge is 2.39. The number of benzene rings is 2. The summed E-state index contributed by atoms with van der Waals surface area (Å²) in [5.74, 6) is -2.85. The molecule has 5 nitrogen and oxygen atoms in total. The number of hydrogen-bond acceptors (Lipinski definition) is 4. The molecule has 1 amide bonds. The highest BCUT2D eigenvalue weighted by atomic mass is 32.2. The second-order valence-electron chi connectivity index (χ2n) is 4.99. The number of carbonyl (C=O) groups is 2. The highest BCUT2D eigenvalue weighted by Crippen LogP contribution is 2.35. The van der Waals surface area contributed by atoms with Crippen LogP contribution in [0, 0.1) is 0 Å². The van der Waals surface area contributed by atoms with Gasteiger partial charge in [0.25, 0.3) is 0 Å². The average molecular weight is 355 g/mol. The Hall–Kier alpha value is -2.68. The molecule has 2 aromatic rings. The van der Waals surface area contributed by atoms with E-state index in [9.17, 15) is 31.2 Å². The number of fused-ring (bicyclic) bond motifs is 2. The summed E-state index contributed by atoms with van der Waals surface area (Å²) in [6.45, 7) is 0. The van der Waals surface area contributed by atoms with E-state index in [-0.39, 0.29) is 26.6 Å². The summed E-state index contributed by atoms with van der Waals surface area (Å²) >= 11 is 0. The predicted octanol–water partition coefficient (Wildman–Crippen LogP) is 2.56. The van der Waals surface area contributed by atoms with Crippen LogP contribution in [0.25, 0.3) is 0 Å². The topological polar surface area (TPSA) is 80.3 Å². The van der Waals surface area contributed by atoms with E-state index in [4.69, 9.17) is 0 Å². The van der Waals surface area contributed by atoms with Crippen molar-refractivity contribution in [3.05, 3.63) is 53.6 Å². The number of amides is 1. The van der Waals surface area contributed by atoms with E-state index in [1.54, 1.807) is 5.32 Å². The lowest BCUT2D eigenvalue weighted by Crippen LogP contribution is -2.30. The zero-order valence-corrected chi connectivity index (χ0v) is 12.5. The van der Waals surface area contributed by atoms with Crippen molar-refractivity contribution in [3.63, 3.8) is 0 Å². The molecule has 1 N–H and O–H groups in total. The van der Waals surface area contributed by atoms with Gasteiger partial charge in [-0.25, -0.2) is 8.42 Å². The molecule has 0 radical (unpaired) electrons. The third kappa shape index (κ3) is 2.46. The predicted molar refractivity (Wildman–Crippen MR) is 76.5 cm³/mol. The molecule has 0 aromatic heterocycles. The van der Waals surface area contributed by atoms with Gasteiger partial charge in [0, 0.05) is 16.8 Å². The first-order chi connectivity index (χ1) is 11.1. The lowest BCUT2D eigenvalue weighted by Gasteiger charge is -2.19. The van der Waals surface area contributed by atoms with E-state index >= 15 is 0 Å². The summed E-state index contributed by atoms with van der Waals surface area (Å²) in [5.41, 5.74) is -0.669. The molecule has 0 unspecified atom stereocenters. The Morgan fingerprint density at radius 2 is 1.58 bits per heavy atom. The quantitative estimate of drug-likeness (QED) is 0.728. The van der Waals surface area contributed by atoms with Gasteiger partial charge in [-0.05, 0) is 30.3 Å². The van der Waals surface area contributed by atoms with Crippen molar-refractivity contribution in [2.45, 2.75) is 16.0 Å². The molecule has 1 aliphatic heterocycles. The molecule has 0 fully saturated rings. The Morgan fingerprint density at radius 3 is 2.25 bits per heavy atom. The zero-order chi connectivity index (χ0) is 17.7. The number of halogens is 3. The highest BCUT2D eigenvalue weighted by molar-refractivity contribution is 7.91. The number of sulfone groups is 1. The monoisotopic (exact) mass is 355 g/mol. The van der Waals surface area contributed by atoms with Gasteiger partial charge in [-0.2, -0.15) is 13.2 Å². The van der Waals surface area contributed by atoms with Crippen molar-refractivity contribution in [1.82, 2.24) is 0 Å². The summed E-state index contributed by atoms with van der Waals surface area (Å²) in [4.78, 5) is 22.9. The van der Waals surface area contributed by atoms with E-state index in [1.165, 1.54) is 24.3 Å². The number of rotatable bonds is 1. The fraction of sp³-hybridized carbons (Fsp3) is 0.0667. The first-order valence-corrected chi connectivity index (χ1v) is 8.02. The van der Waals surface area contributed by atoms with Gasteiger partial charge in [0.2, 0.25) is 9.84 Å². The van der Waals surface area contributed by atoms with E-state index in [0.29, 0.717) is 0 Å². The van der Waals surface area contributed by atoms with Crippen molar-refractivity contribution in [2.75, 3.05) is 5.32 Å². The number of anilines is 1. The summed E-state index contributed by atoms with van der Waals surface area (Å²) in [5, 5.41) is 1.59. The minimum atomic E-state index is -5.10. The lowest BCUT2D eigenvalue weighted by molar-refractivity contribution is -0.167.